The molecule has 2 aliphatic rings. The van der Waals surface area contributed by atoms with Gasteiger partial charge in [-0.1, -0.05) is 0 Å². The van der Waals surface area contributed by atoms with E-state index in [0.29, 0.717) is 17.0 Å². The fourth-order valence-corrected chi connectivity index (χ4v) is 3.45. The molecule has 1 unspecified atom stereocenters. The van der Waals surface area contributed by atoms with Gasteiger partial charge in [-0.05, 0) is 37.6 Å². The second-order valence-electron chi connectivity index (χ2n) is 5.67. The molecule has 2 N–H and O–H groups in total. The minimum atomic E-state index is -3.36. The van der Waals surface area contributed by atoms with Gasteiger partial charge in [0.15, 0.2) is 11.5 Å². The summed E-state index contributed by atoms with van der Waals surface area (Å²) in [6.07, 6.45) is 4.28. The first kappa shape index (κ1) is 17.1. The van der Waals surface area contributed by atoms with Gasteiger partial charge in [0, 0.05) is 12.1 Å². The highest BCUT2D eigenvalue weighted by atomic mass is 35.5. The van der Waals surface area contributed by atoms with Gasteiger partial charge < -0.3 is 4.74 Å². The Morgan fingerprint density at radius 3 is 2.73 bits per heavy atom. The van der Waals surface area contributed by atoms with Gasteiger partial charge in [-0.3, -0.25) is 14.8 Å². The lowest BCUT2D eigenvalue weighted by molar-refractivity contribution is -0.00529. The third-order valence-electron chi connectivity index (χ3n) is 3.79. The van der Waals surface area contributed by atoms with Crippen molar-refractivity contribution in [1.29, 1.82) is 0 Å². The smallest absolute Gasteiger partial charge is 0.229 e. The summed E-state index contributed by atoms with van der Waals surface area (Å²) in [7, 11) is -3.36. The van der Waals surface area contributed by atoms with Gasteiger partial charge in [-0.15, -0.1) is 12.4 Å². The Labute approximate surface area is 136 Å². The molecule has 1 spiro atoms. The first-order valence-corrected chi connectivity index (χ1v) is 8.85. The molecule has 0 saturated carbocycles. The van der Waals surface area contributed by atoms with E-state index in [2.05, 4.69) is 10.0 Å². The van der Waals surface area contributed by atoms with E-state index in [4.69, 9.17) is 4.74 Å². The number of fused-ring (bicyclic) bond motifs is 1. The molecule has 1 atom stereocenters. The largest absolute Gasteiger partial charge is 0.472 e. The second-order valence-corrected chi connectivity index (χ2v) is 7.41. The molecule has 1 aromatic carbocycles. The molecular formula is C14H19ClN2O4S. The Bertz CT molecular complexity index is 684. The molecule has 0 radical (unpaired) electrons. The van der Waals surface area contributed by atoms with E-state index in [1.165, 1.54) is 6.07 Å². The van der Waals surface area contributed by atoms with Gasteiger partial charge in [0.05, 0.1) is 18.2 Å². The summed E-state index contributed by atoms with van der Waals surface area (Å²) in [6, 6.07) is 4.79. The van der Waals surface area contributed by atoms with Gasteiger partial charge in [0.2, 0.25) is 10.0 Å². The van der Waals surface area contributed by atoms with Crippen LogP contribution in [0, 0.1) is 0 Å². The van der Waals surface area contributed by atoms with Gasteiger partial charge in [-0.2, -0.15) is 0 Å². The van der Waals surface area contributed by atoms with Crippen molar-refractivity contribution in [2.24, 2.45) is 0 Å². The predicted octanol–water partition coefficient (Wildman–Crippen LogP) is 1.91. The maximum absolute atomic E-state index is 12.4. The van der Waals surface area contributed by atoms with Crippen LogP contribution in [0.25, 0.3) is 0 Å². The van der Waals surface area contributed by atoms with E-state index >= 15 is 0 Å². The van der Waals surface area contributed by atoms with Crippen LogP contribution in [0.3, 0.4) is 0 Å². The molecule has 2 aliphatic heterocycles. The quantitative estimate of drug-likeness (QED) is 0.854. The summed E-state index contributed by atoms with van der Waals surface area (Å²) < 4.78 is 30.9. The van der Waals surface area contributed by atoms with Crippen LogP contribution in [0.1, 0.15) is 36.0 Å². The van der Waals surface area contributed by atoms with Crippen molar-refractivity contribution in [2.45, 2.75) is 31.4 Å². The van der Waals surface area contributed by atoms with Crippen LogP contribution in [0.4, 0.5) is 5.69 Å². The summed E-state index contributed by atoms with van der Waals surface area (Å²) in [5, 5.41) is 3.30. The summed E-state index contributed by atoms with van der Waals surface area (Å²) in [5.74, 6) is 0.488. The molecule has 1 aromatic rings. The standard InChI is InChI=1S/C14H18N2O4S.ClH/c1-21(18,19)16-10-4-5-13-11(8-10)12(17)9-14(20-13)6-2-3-7-15-14;/h4-5,8,15-16H,2-3,6-7,9H2,1H3;1H. The number of Topliss-reactive ketones (excluding diaryl/α,β-unsaturated/α-hetero) is 1. The third kappa shape index (κ3) is 3.53. The van der Waals surface area contributed by atoms with Crippen molar-refractivity contribution < 1.29 is 17.9 Å². The van der Waals surface area contributed by atoms with Crippen LogP contribution < -0.4 is 14.8 Å². The minimum Gasteiger partial charge on any atom is -0.472 e. The zero-order valence-electron chi connectivity index (χ0n) is 12.2. The number of nitrogens with one attached hydrogen (secondary N) is 2. The van der Waals surface area contributed by atoms with Crippen molar-refractivity contribution in [3.63, 3.8) is 0 Å². The second kappa shape index (κ2) is 6.06. The van der Waals surface area contributed by atoms with Crippen LogP contribution >= 0.6 is 12.4 Å². The van der Waals surface area contributed by atoms with E-state index in [9.17, 15) is 13.2 Å². The maximum Gasteiger partial charge on any atom is 0.229 e. The summed E-state index contributed by atoms with van der Waals surface area (Å²) in [6.45, 7) is 0.844. The molecule has 0 aromatic heterocycles. The molecule has 2 heterocycles. The third-order valence-corrected chi connectivity index (χ3v) is 4.40. The molecule has 0 aliphatic carbocycles. The number of rotatable bonds is 2. The molecule has 1 fully saturated rings. The number of ether oxygens (including phenoxy) is 1. The Balaban J connectivity index is 0.00000176. The first-order valence-electron chi connectivity index (χ1n) is 6.96. The van der Waals surface area contributed by atoms with Crippen molar-refractivity contribution >= 4 is 33.9 Å². The van der Waals surface area contributed by atoms with E-state index < -0.39 is 15.7 Å². The SMILES string of the molecule is CS(=O)(=O)Nc1ccc2c(c1)C(=O)CC1(CCCCN1)O2.Cl. The Morgan fingerprint density at radius 1 is 1.32 bits per heavy atom. The van der Waals surface area contributed by atoms with Crippen molar-refractivity contribution in [1.82, 2.24) is 5.32 Å². The van der Waals surface area contributed by atoms with Crippen molar-refractivity contribution in [2.75, 3.05) is 17.5 Å². The predicted molar refractivity (Wildman–Crippen MR) is 86.3 cm³/mol. The Hall–Kier alpha value is -1.31. The molecule has 3 rings (SSSR count). The lowest BCUT2D eigenvalue weighted by Gasteiger charge is -2.41. The Kier molecular flexibility index (Phi) is 4.70. The van der Waals surface area contributed by atoms with Gasteiger partial charge in [0.25, 0.3) is 0 Å². The number of benzene rings is 1. The highest BCUT2D eigenvalue weighted by Crippen LogP contribution is 2.37. The number of carbonyl (C=O) groups excluding carboxylic acids is 1. The summed E-state index contributed by atoms with van der Waals surface area (Å²) >= 11 is 0. The first-order chi connectivity index (χ1) is 9.87. The Morgan fingerprint density at radius 2 is 2.09 bits per heavy atom. The minimum absolute atomic E-state index is 0. The number of halogens is 1. The molecule has 1 saturated heterocycles. The number of carbonyl (C=O) groups is 1. The lowest BCUT2D eigenvalue weighted by atomic mass is 9.90. The molecule has 8 heteroatoms. The van der Waals surface area contributed by atoms with E-state index in [0.717, 1.165) is 32.1 Å². The monoisotopic (exact) mass is 346 g/mol. The average molecular weight is 347 g/mol. The topological polar surface area (TPSA) is 84.5 Å². The highest BCUT2D eigenvalue weighted by molar-refractivity contribution is 7.92. The molecule has 0 amide bonds. The van der Waals surface area contributed by atoms with Crippen LogP contribution in [-0.4, -0.2) is 32.7 Å². The van der Waals surface area contributed by atoms with Crippen LogP contribution in [-0.2, 0) is 10.0 Å². The lowest BCUT2D eigenvalue weighted by Crippen LogP contribution is -2.56. The van der Waals surface area contributed by atoms with E-state index in [1.807, 2.05) is 0 Å². The van der Waals surface area contributed by atoms with E-state index in [-0.39, 0.29) is 24.6 Å². The summed E-state index contributed by atoms with van der Waals surface area (Å²) in [4.78, 5) is 12.4. The maximum atomic E-state index is 12.4. The number of hydrogen-bond donors (Lipinski definition) is 2. The molecule has 22 heavy (non-hydrogen) atoms. The molecular weight excluding hydrogens is 328 g/mol. The molecule has 0 bridgehead atoms. The fraction of sp³-hybridized carbons (Fsp3) is 0.500. The summed E-state index contributed by atoms with van der Waals surface area (Å²) in [5.41, 5.74) is 0.219. The number of ketones is 1. The number of anilines is 1. The fourth-order valence-electron chi connectivity index (χ4n) is 2.89. The number of hydrogen-bond acceptors (Lipinski definition) is 5. The molecule has 6 nitrogen and oxygen atoms in total. The van der Waals surface area contributed by atoms with Crippen LogP contribution in [0.15, 0.2) is 18.2 Å². The zero-order chi connectivity index (χ0) is 15.1. The van der Waals surface area contributed by atoms with Crippen molar-refractivity contribution in [3.8, 4) is 5.75 Å². The van der Waals surface area contributed by atoms with Crippen LogP contribution in [0.5, 0.6) is 5.75 Å². The van der Waals surface area contributed by atoms with E-state index in [1.54, 1.807) is 12.1 Å². The zero-order valence-corrected chi connectivity index (χ0v) is 13.9. The number of piperidine rings is 1. The normalized spacial score (nSPS) is 24.1. The van der Waals surface area contributed by atoms with Gasteiger partial charge >= 0.3 is 0 Å². The van der Waals surface area contributed by atoms with Crippen LogP contribution in [0.2, 0.25) is 0 Å². The van der Waals surface area contributed by atoms with Crippen molar-refractivity contribution in [3.05, 3.63) is 23.8 Å². The average Bonchev–Trinajstić information content (AvgIpc) is 2.39. The highest BCUT2D eigenvalue weighted by Gasteiger charge is 2.41. The molecule has 122 valence electrons. The van der Waals surface area contributed by atoms with Gasteiger partial charge in [0.1, 0.15) is 5.75 Å². The van der Waals surface area contributed by atoms with Gasteiger partial charge in [-0.25, -0.2) is 8.42 Å². The number of sulfonamides is 1.